The van der Waals surface area contributed by atoms with Gasteiger partial charge in [0.2, 0.25) is 0 Å². The third-order valence-electron chi connectivity index (χ3n) is 4.98. The van der Waals surface area contributed by atoms with Crippen molar-refractivity contribution in [3.63, 3.8) is 0 Å². The highest BCUT2D eigenvalue weighted by molar-refractivity contribution is 6.07. The van der Waals surface area contributed by atoms with Crippen LogP contribution in [0.4, 0.5) is 0 Å². The number of aromatic nitrogens is 2. The Hall–Kier alpha value is -2.79. The Kier molecular flexibility index (Phi) is 4.39. The lowest BCUT2D eigenvalue weighted by Crippen LogP contribution is -2.29. The maximum Gasteiger partial charge on any atom is 0.254 e. The Morgan fingerprint density at radius 1 is 1.31 bits per heavy atom. The predicted octanol–water partition coefficient (Wildman–Crippen LogP) is 3.06. The zero-order chi connectivity index (χ0) is 18.1. The number of pyridine rings is 2. The van der Waals surface area contributed by atoms with Gasteiger partial charge in [0.25, 0.3) is 5.91 Å². The molecule has 0 radical (unpaired) electrons. The number of aliphatic hydroxyl groups excluding tert-OH is 1. The van der Waals surface area contributed by atoms with E-state index in [1.807, 2.05) is 48.2 Å². The fourth-order valence-electron chi connectivity index (χ4n) is 3.52. The van der Waals surface area contributed by atoms with Crippen LogP contribution >= 0.6 is 0 Å². The summed E-state index contributed by atoms with van der Waals surface area (Å²) in [5, 5.41) is 10.3. The summed E-state index contributed by atoms with van der Waals surface area (Å²) in [5.74, 6) is 0.177. The molecular formula is C21H21N3O2. The first-order valence-corrected chi connectivity index (χ1v) is 8.87. The predicted molar refractivity (Wildman–Crippen MR) is 101 cm³/mol. The van der Waals surface area contributed by atoms with Gasteiger partial charge in [0.05, 0.1) is 16.8 Å². The SMILES string of the molecule is Cc1ccc2nc(-c3cccnc3)cc(C(=O)N3CCC(CO)C3)c2c1. The fourth-order valence-corrected chi connectivity index (χ4v) is 3.52. The minimum atomic E-state index is 0.00379. The lowest BCUT2D eigenvalue weighted by atomic mass is 10.0. The second-order valence-electron chi connectivity index (χ2n) is 6.91. The van der Waals surface area contributed by atoms with Crippen molar-refractivity contribution in [2.45, 2.75) is 13.3 Å². The number of rotatable bonds is 3. The first kappa shape index (κ1) is 16.7. The Bertz CT molecular complexity index is 956. The molecule has 4 rings (SSSR count). The van der Waals surface area contributed by atoms with Gasteiger partial charge >= 0.3 is 0 Å². The molecule has 1 aromatic carbocycles. The van der Waals surface area contributed by atoms with Crippen LogP contribution in [0.3, 0.4) is 0 Å². The molecule has 0 saturated carbocycles. The van der Waals surface area contributed by atoms with Gasteiger partial charge in [-0.05, 0) is 43.7 Å². The smallest absolute Gasteiger partial charge is 0.254 e. The number of nitrogens with zero attached hydrogens (tertiary/aromatic N) is 3. The molecule has 2 aromatic heterocycles. The number of aliphatic hydroxyl groups is 1. The molecule has 1 fully saturated rings. The maximum absolute atomic E-state index is 13.2. The summed E-state index contributed by atoms with van der Waals surface area (Å²) >= 11 is 0. The third-order valence-corrected chi connectivity index (χ3v) is 4.98. The van der Waals surface area contributed by atoms with Crippen molar-refractivity contribution in [3.05, 3.63) is 59.9 Å². The van der Waals surface area contributed by atoms with E-state index in [0.29, 0.717) is 18.7 Å². The summed E-state index contributed by atoms with van der Waals surface area (Å²) in [7, 11) is 0. The molecule has 1 saturated heterocycles. The number of fused-ring (bicyclic) bond motifs is 1. The lowest BCUT2D eigenvalue weighted by Gasteiger charge is -2.18. The molecule has 1 aliphatic heterocycles. The zero-order valence-electron chi connectivity index (χ0n) is 14.7. The molecule has 26 heavy (non-hydrogen) atoms. The Balaban J connectivity index is 1.83. The lowest BCUT2D eigenvalue weighted by molar-refractivity contribution is 0.0784. The fraction of sp³-hybridized carbons (Fsp3) is 0.286. The second-order valence-corrected chi connectivity index (χ2v) is 6.91. The first-order chi connectivity index (χ1) is 12.7. The van der Waals surface area contributed by atoms with Crippen LogP contribution in [-0.4, -0.2) is 45.6 Å². The van der Waals surface area contributed by atoms with E-state index in [-0.39, 0.29) is 18.4 Å². The molecular weight excluding hydrogens is 326 g/mol. The highest BCUT2D eigenvalue weighted by Crippen LogP contribution is 2.28. The van der Waals surface area contributed by atoms with E-state index in [1.165, 1.54) is 0 Å². The van der Waals surface area contributed by atoms with Gasteiger partial charge in [0.1, 0.15) is 0 Å². The highest BCUT2D eigenvalue weighted by atomic mass is 16.3. The molecule has 5 nitrogen and oxygen atoms in total. The van der Waals surface area contributed by atoms with E-state index >= 15 is 0 Å². The van der Waals surface area contributed by atoms with Gasteiger partial charge in [-0.15, -0.1) is 0 Å². The molecule has 0 bridgehead atoms. The van der Waals surface area contributed by atoms with E-state index in [9.17, 15) is 9.90 Å². The van der Waals surface area contributed by atoms with E-state index in [4.69, 9.17) is 4.98 Å². The van der Waals surface area contributed by atoms with Gasteiger partial charge in [-0.3, -0.25) is 9.78 Å². The number of hydrogen-bond donors (Lipinski definition) is 1. The molecule has 1 N–H and O–H groups in total. The van der Waals surface area contributed by atoms with Crippen molar-refractivity contribution >= 4 is 16.8 Å². The van der Waals surface area contributed by atoms with Crippen molar-refractivity contribution in [2.24, 2.45) is 5.92 Å². The third kappa shape index (κ3) is 3.06. The molecule has 3 heterocycles. The van der Waals surface area contributed by atoms with Crippen LogP contribution in [0, 0.1) is 12.8 Å². The molecule has 132 valence electrons. The topological polar surface area (TPSA) is 66.3 Å². The second kappa shape index (κ2) is 6.84. The molecule has 0 spiro atoms. The molecule has 5 heteroatoms. The van der Waals surface area contributed by atoms with E-state index in [2.05, 4.69) is 4.98 Å². The molecule has 1 atom stereocenters. The molecule has 1 amide bonds. The number of aryl methyl sites for hydroxylation is 1. The minimum Gasteiger partial charge on any atom is -0.396 e. The summed E-state index contributed by atoms with van der Waals surface area (Å²) in [6.07, 6.45) is 4.33. The van der Waals surface area contributed by atoms with Crippen LogP contribution < -0.4 is 0 Å². The Morgan fingerprint density at radius 2 is 2.19 bits per heavy atom. The van der Waals surface area contributed by atoms with Crippen LogP contribution in [0.1, 0.15) is 22.3 Å². The van der Waals surface area contributed by atoms with Crippen LogP contribution in [0.25, 0.3) is 22.2 Å². The number of amides is 1. The van der Waals surface area contributed by atoms with Gasteiger partial charge in [0.15, 0.2) is 0 Å². The highest BCUT2D eigenvalue weighted by Gasteiger charge is 2.28. The largest absolute Gasteiger partial charge is 0.396 e. The van der Waals surface area contributed by atoms with E-state index in [1.54, 1.807) is 12.4 Å². The van der Waals surface area contributed by atoms with Crippen LogP contribution in [0.2, 0.25) is 0 Å². The summed E-state index contributed by atoms with van der Waals surface area (Å²) in [4.78, 5) is 24.0. The number of carbonyl (C=O) groups excluding carboxylic acids is 1. The van der Waals surface area contributed by atoms with Crippen molar-refractivity contribution in [1.82, 2.24) is 14.9 Å². The number of carbonyl (C=O) groups is 1. The molecule has 3 aromatic rings. The standard InChI is InChI=1S/C21H21N3O2/c1-14-4-5-19-17(9-14)18(21(26)24-8-6-15(12-24)13-25)10-20(23-19)16-3-2-7-22-11-16/h2-5,7,9-11,15,25H,6,8,12-13H2,1H3. The van der Waals surface area contributed by atoms with Crippen LogP contribution in [0.5, 0.6) is 0 Å². The quantitative estimate of drug-likeness (QED) is 0.791. The van der Waals surface area contributed by atoms with Gasteiger partial charge in [-0.1, -0.05) is 11.6 Å². The van der Waals surface area contributed by atoms with Gasteiger partial charge in [-0.2, -0.15) is 0 Å². The molecule has 1 aliphatic rings. The van der Waals surface area contributed by atoms with Crippen molar-refractivity contribution in [1.29, 1.82) is 0 Å². The molecule has 1 unspecified atom stereocenters. The maximum atomic E-state index is 13.2. The zero-order valence-corrected chi connectivity index (χ0v) is 14.7. The average molecular weight is 347 g/mol. The Morgan fingerprint density at radius 3 is 2.92 bits per heavy atom. The number of benzene rings is 1. The monoisotopic (exact) mass is 347 g/mol. The van der Waals surface area contributed by atoms with Crippen molar-refractivity contribution < 1.29 is 9.90 Å². The average Bonchev–Trinajstić information content (AvgIpc) is 3.16. The first-order valence-electron chi connectivity index (χ1n) is 8.87. The number of hydrogen-bond acceptors (Lipinski definition) is 4. The molecule has 0 aliphatic carbocycles. The van der Waals surface area contributed by atoms with E-state index in [0.717, 1.165) is 34.1 Å². The number of likely N-dealkylation sites (tertiary alicyclic amines) is 1. The van der Waals surface area contributed by atoms with Crippen molar-refractivity contribution in [2.75, 3.05) is 19.7 Å². The van der Waals surface area contributed by atoms with Crippen LogP contribution in [0.15, 0.2) is 48.8 Å². The van der Waals surface area contributed by atoms with Crippen molar-refractivity contribution in [3.8, 4) is 11.3 Å². The minimum absolute atomic E-state index is 0.00379. The van der Waals surface area contributed by atoms with Crippen LogP contribution in [-0.2, 0) is 0 Å². The summed E-state index contributed by atoms with van der Waals surface area (Å²) in [6.45, 7) is 3.43. The van der Waals surface area contributed by atoms with Gasteiger partial charge in [-0.25, -0.2) is 4.98 Å². The normalized spacial score (nSPS) is 17.0. The summed E-state index contributed by atoms with van der Waals surface area (Å²) in [6, 6.07) is 11.7. The van der Waals surface area contributed by atoms with Gasteiger partial charge in [0, 0.05) is 49.0 Å². The van der Waals surface area contributed by atoms with E-state index < -0.39 is 0 Å². The van der Waals surface area contributed by atoms with Gasteiger partial charge < -0.3 is 10.0 Å². The Labute approximate surface area is 152 Å². The summed E-state index contributed by atoms with van der Waals surface area (Å²) < 4.78 is 0. The summed E-state index contributed by atoms with van der Waals surface area (Å²) in [5.41, 5.74) is 4.20.